The maximum atomic E-state index is 13.4. The van der Waals surface area contributed by atoms with E-state index >= 15 is 0 Å². The number of fused-ring (bicyclic) bond motifs is 5. The van der Waals surface area contributed by atoms with Crippen molar-refractivity contribution in [2.45, 2.75) is 19.0 Å². The number of halogens is 1. The summed E-state index contributed by atoms with van der Waals surface area (Å²) in [5, 5.41) is 6.12. The Morgan fingerprint density at radius 2 is 1.79 bits per heavy atom. The number of amides is 2. The molecule has 0 radical (unpaired) electrons. The van der Waals surface area contributed by atoms with E-state index in [4.69, 9.17) is 0 Å². The normalized spacial score (nSPS) is 27.6. The van der Waals surface area contributed by atoms with Gasteiger partial charge in [0.1, 0.15) is 6.04 Å². The zero-order chi connectivity index (χ0) is 19.6. The number of Topliss-reactive ketones (excluding diaryl/α,β-unsaturated/α-hetero) is 1. The summed E-state index contributed by atoms with van der Waals surface area (Å²) < 4.78 is 0.778. The number of nitrogens with zero attached hydrogens (tertiary/aromatic N) is 3. The number of hydrazone groups is 1. The number of carbonyl (C=O) groups is 3. The Morgan fingerprint density at radius 3 is 2.54 bits per heavy atom. The van der Waals surface area contributed by atoms with Gasteiger partial charge in [-0.3, -0.25) is 19.4 Å². The molecule has 4 atom stereocenters. The number of carbonyl (C=O) groups excluding carboxylic acids is 3. The summed E-state index contributed by atoms with van der Waals surface area (Å²) in [7, 11) is 0. The van der Waals surface area contributed by atoms with Gasteiger partial charge in [-0.15, -0.1) is 0 Å². The van der Waals surface area contributed by atoms with Gasteiger partial charge in [0.2, 0.25) is 11.8 Å². The monoisotopic (exact) mass is 437 g/mol. The van der Waals surface area contributed by atoms with Crippen molar-refractivity contribution in [1.82, 2.24) is 5.01 Å². The van der Waals surface area contributed by atoms with E-state index in [2.05, 4.69) is 21.0 Å². The first-order valence-corrected chi connectivity index (χ1v) is 9.83. The number of anilines is 1. The first kappa shape index (κ1) is 17.3. The van der Waals surface area contributed by atoms with Crippen LogP contribution in [-0.2, 0) is 14.4 Å². The Morgan fingerprint density at radius 1 is 1.04 bits per heavy atom. The lowest BCUT2D eigenvalue weighted by Gasteiger charge is -2.33. The van der Waals surface area contributed by atoms with Crippen LogP contribution in [0.2, 0.25) is 0 Å². The predicted molar refractivity (Wildman–Crippen MR) is 107 cm³/mol. The van der Waals surface area contributed by atoms with Gasteiger partial charge < -0.3 is 0 Å². The second-order valence-corrected chi connectivity index (χ2v) is 8.21. The van der Waals surface area contributed by atoms with E-state index in [1.165, 1.54) is 11.8 Å². The average Bonchev–Trinajstić information content (AvgIpc) is 3.15. The largest absolute Gasteiger partial charge is 0.298 e. The number of ketones is 1. The average molecular weight is 438 g/mol. The highest BCUT2D eigenvalue weighted by Crippen LogP contribution is 2.52. The first-order chi connectivity index (χ1) is 13.5. The fraction of sp³-hybridized carbons (Fsp3) is 0.238. The molecular formula is C21H16BrN3O3. The van der Waals surface area contributed by atoms with Gasteiger partial charge in [-0.2, -0.15) is 5.10 Å². The van der Waals surface area contributed by atoms with Crippen LogP contribution in [-0.4, -0.2) is 34.9 Å². The van der Waals surface area contributed by atoms with Gasteiger partial charge in [0, 0.05) is 4.47 Å². The minimum absolute atomic E-state index is 0.161. The molecule has 0 aromatic heterocycles. The van der Waals surface area contributed by atoms with E-state index in [0.717, 1.165) is 15.6 Å². The molecule has 2 amide bonds. The number of benzene rings is 2. The molecule has 140 valence electrons. The Kier molecular flexibility index (Phi) is 3.77. The molecule has 3 aliphatic rings. The molecule has 3 heterocycles. The minimum atomic E-state index is -0.742. The smallest absolute Gasteiger partial charge is 0.240 e. The van der Waals surface area contributed by atoms with Gasteiger partial charge in [0.05, 0.1) is 29.8 Å². The molecule has 0 bridgehead atoms. The van der Waals surface area contributed by atoms with Gasteiger partial charge in [-0.05, 0) is 36.2 Å². The molecule has 3 aliphatic heterocycles. The third kappa shape index (κ3) is 2.26. The van der Waals surface area contributed by atoms with Crippen LogP contribution in [0.1, 0.15) is 24.1 Å². The van der Waals surface area contributed by atoms with Crippen molar-refractivity contribution < 1.29 is 14.4 Å². The van der Waals surface area contributed by atoms with Crippen molar-refractivity contribution >= 4 is 45.4 Å². The summed E-state index contributed by atoms with van der Waals surface area (Å²) in [4.78, 5) is 40.5. The van der Waals surface area contributed by atoms with E-state index in [-0.39, 0.29) is 17.6 Å². The summed E-state index contributed by atoms with van der Waals surface area (Å²) in [6.07, 6.45) is 1.70. The maximum absolute atomic E-state index is 13.4. The summed E-state index contributed by atoms with van der Waals surface area (Å²) in [5.41, 5.74) is 2.35. The van der Waals surface area contributed by atoms with E-state index < -0.39 is 23.9 Å². The zero-order valence-corrected chi connectivity index (χ0v) is 16.5. The molecule has 5 rings (SSSR count). The molecule has 2 fully saturated rings. The molecule has 0 saturated carbocycles. The highest BCUT2D eigenvalue weighted by Gasteiger charge is 2.64. The quantitative estimate of drug-likeness (QED) is 0.677. The van der Waals surface area contributed by atoms with Crippen molar-refractivity contribution in [3.05, 3.63) is 64.1 Å². The zero-order valence-electron chi connectivity index (χ0n) is 14.9. The highest BCUT2D eigenvalue weighted by atomic mass is 79.9. The Bertz CT molecular complexity index is 1070. The van der Waals surface area contributed by atoms with E-state index in [0.29, 0.717) is 5.69 Å². The van der Waals surface area contributed by atoms with Gasteiger partial charge in [0.25, 0.3) is 0 Å². The van der Waals surface area contributed by atoms with Crippen LogP contribution in [0.5, 0.6) is 0 Å². The van der Waals surface area contributed by atoms with E-state index in [1.807, 2.05) is 30.3 Å². The van der Waals surface area contributed by atoms with Crippen LogP contribution in [0.4, 0.5) is 5.69 Å². The van der Waals surface area contributed by atoms with Gasteiger partial charge in [-0.25, -0.2) is 4.90 Å². The summed E-state index contributed by atoms with van der Waals surface area (Å²) >= 11 is 3.39. The van der Waals surface area contributed by atoms with Crippen molar-refractivity contribution in [3.8, 4) is 0 Å². The van der Waals surface area contributed by atoms with Crippen LogP contribution in [0.3, 0.4) is 0 Å². The summed E-state index contributed by atoms with van der Waals surface area (Å²) in [5.74, 6) is -2.16. The van der Waals surface area contributed by atoms with Crippen LogP contribution < -0.4 is 4.90 Å². The molecule has 0 aliphatic carbocycles. The maximum Gasteiger partial charge on any atom is 0.240 e. The molecular weight excluding hydrogens is 422 g/mol. The minimum Gasteiger partial charge on any atom is -0.298 e. The topological polar surface area (TPSA) is 70.0 Å². The lowest BCUT2D eigenvalue weighted by molar-refractivity contribution is -0.129. The van der Waals surface area contributed by atoms with Crippen molar-refractivity contribution in [3.63, 3.8) is 0 Å². The van der Waals surface area contributed by atoms with Gasteiger partial charge >= 0.3 is 0 Å². The van der Waals surface area contributed by atoms with Crippen molar-refractivity contribution in [2.75, 3.05) is 4.90 Å². The van der Waals surface area contributed by atoms with Crippen LogP contribution in [0, 0.1) is 11.8 Å². The molecule has 0 unspecified atom stereocenters. The first-order valence-electron chi connectivity index (χ1n) is 9.04. The highest BCUT2D eigenvalue weighted by molar-refractivity contribution is 9.10. The number of rotatable bonds is 2. The predicted octanol–water partition coefficient (Wildman–Crippen LogP) is 2.92. The number of hydrogen-bond donors (Lipinski definition) is 0. The molecule has 2 aromatic rings. The molecule has 2 aromatic carbocycles. The number of hydrogen-bond acceptors (Lipinski definition) is 5. The standard InChI is InChI=1S/C21H16BrN3O3/c1-11(26)18-16-17(19-15-8-3-2-5-12(15)10-23-25(18)19)21(28)24(20(16)27)14-7-4-6-13(22)9-14/h2-10,16-19H,1H3/t16-,17-,18-,19-/m1/s1. The third-order valence-corrected chi connectivity index (χ3v) is 6.27. The van der Waals surface area contributed by atoms with Crippen LogP contribution >= 0.6 is 15.9 Å². The lowest BCUT2D eigenvalue weighted by Crippen LogP contribution is -2.43. The molecule has 7 heteroatoms. The number of imide groups is 1. The Labute approximate surface area is 169 Å². The Balaban J connectivity index is 1.66. The van der Waals surface area contributed by atoms with E-state index in [1.54, 1.807) is 29.4 Å². The second kappa shape index (κ2) is 6.10. The summed E-state index contributed by atoms with van der Waals surface area (Å²) in [6, 6.07) is 13.6. The van der Waals surface area contributed by atoms with Crippen molar-refractivity contribution in [1.29, 1.82) is 0 Å². The fourth-order valence-corrected chi connectivity index (χ4v) is 5.08. The lowest BCUT2D eigenvalue weighted by atomic mass is 9.84. The SMILES string of the molecule is CC(=O)[C@@H]1[C@@H]2C(=O)N(c3cccc(Br)c3)C(=O)[C@H]2[C@H]2c3ccccc3C=NN12. The molecule has 2 saturated heterocycles. The van der Waals surface area contributed by atoms with E-state index in [9.17, 15) is 14.4 Å². The second-order valence-electron chi connectivity index (χ2n) is 7.30. The molecule has 6 nitrogen and oxygen atoms in total. The fourth-order valence-electron chi connectivity index (χ4n) is 4.69. The Hall–Kier alpha value is -2.80. The van der Waals surface area contributed by atoms with Crippen molar-refractivity contribution in [2.24, 2.45) is 16.9 Å². The van der Waals surface area contributed by atoms with Gasteiger partial charge in [-0.1, -0.05) is 46.3 Å². The molecule has 0 spiro atoms. The van der Waals surface area contributed by atoms with Crippen LogP contribution in [0.15, 0.2) is 58.1 Å². The third-order valence-electron chi connectivity index (χ3n) is 5.78. The molecule has 0 N–H and O–H groups in total. The van der Waals surface area contributed by atoms with Crippen LogP contribution in [0.25, 0.3) is 0 Å². The summed E-state index contributed by atoms with van der Waals surface area (Å²) in [6.45, 7) is 1.46. The van der Waals surface area contributed by atoms with Gasteiger partial charge in [0.15, 0.2) is 5.78 Å². The molecule has 28 heavy (non-hydrogen) atoms.